The molecule has 2 amide bonds. The molecule has 1 unspecified atom stereocenters. The van der Waals surface area contributed by atoms with Crippen molar-refractivity contribution in [2.45, 2.75) is 56.5 Å². The van der Waals surface area contributed by atoms with Gasteiger partial charge in [-0.15, -0.1) is 0 Å². The third-order valence-corrected chi connectivity index (χ3v) is 6.35. The van der Waals surface area contributed by atoms with Crippen LogP contribution in [0.4, 0.5) is 4.79 Å². The van der Waals surface area contributed by atoms with Crippen LogP contribution in [-0.2, 0) is 5.54 Å². The van der Waals surface area contributed by atoms with E-state index in [4.69, 9.17) is 0 Å². The average Bonchev–Trinajstić information content (AvgIpc) is 3.03. The van der Waals surface area contributed by atoms with Crippen molar-refractivity contribution >= 4 is 6.03 Å². The van der Waals surface area contributed by atoms with Crippen LogP contribution in [0.2, 0.25) is 0 Å². The van der Waals surface area contributed by atoms with Gasteiger partial charge in [-0.25, -0.2) is 4.79 Å². The Hall–Kier alpha value is -1.55. The molecular formula is C20H29N3O. The molecule has 2 N–H and O–H groups in total. The van der Waals surface area contributed by atoms with Gasteiger partial charge in [-0.2, -0.15) is 0 Å². The number of nitrogens with one attached hydrogen (secondary N) is 2. The van der Waals surface area contributed by atoms with Gasteiger partial charge in [0.2, 0.25) is 0 Å². The van der Waals surface area contributed by atoms with Gasteiger partial charge in [0.05, 0.1) is 12.1 Å². The number of hydrogen-bond acceptors (Lipinski definition) is 2. The monoisotopic (exact) mass is 327 g/mol. The molecule has 4 nitrogen and oxygen atoms in total. The Morgan fingerprint density at radius 3 is 2.38 bits per heavy atom. The first-order chi connectivity index (χ1) is 11.8. The van der Waals surface area contributed by atoms with Crippen molar-refractivity contribution in [3.8, 4) is 0 Å². The zero-order valence-corrected chi connectivity index (χ0v) is 14.5. The molecule has 1 aromatic rings. The van der Waals surface area contributed by atoms with Gasteiger partial charge in [0.25, 0.3) is 0 Å². The lowest BCUT2D eigenvalue weighted by atomic mass is 9.71. The van der Waals surface area contributed by atoms with Crippen LogP contribution in [-0.4, -0.2) is 36.6 Å². The van der Waals surface area contributed by atoms with Crippen LogP contribution < -0.4 is 10.6 Å². The summed E-state index contributed by atoms with van der Waals surface area (Å²) in [4.78, 5) is 15.0. The van der Waals surface area contributed by atoms with Gasteiger partial charge >= 0.3 is 6.03 Å². The first-order valence-corrected chi connectivity index (χ1v) is 9.65. The summed E-state index contributed by atoms with van der Waals surface area (Å²) in [6, 6.07) is 11.2. The fraction of sp³-hybridized carbons (Fsp3) is 0.650. The molecule has 1 aliphatic carbocycles. The van der Waals surface area contributed by atoms with Crippen LogP contribution in [0.1, 0.15) is 50.5 Å². The average molecular weight is 327 g/mol. The molecule has 1 aromatic carbocycles. The quantitative estimate of drug-likeness (QED) is 0.895. The second kappa shape index (κ2) is 6.75. The molecule has 0 radical (unpaired) electrons. The minimum atomic E-state index is -0.191. The summed E-state index contributed by atoms with van der Waals surface area (Å²) in [7, 11) is 0. The molecule has 4 heteroatoms. The van der Waals surface area contributed by atoms with E-state index in [1.807, 2.05) is 0 Å². The van der Waals surface area contributed by atoms with Crippen molar-refractivity contribution in [1.82, 2.24) is 15.5 Å². The van der Waals surface area contributed by atoms with Crippen molar-refractivity contribution in [2.75, 3.05) is 19.6 Å². The van der Waals surface area contributed by atoms with E-state index in [0.717, 1.165) is 32.5 Å². The highest BCUT2D eigenvalue weighted by molar-refractivity contribution is 5.79. The fourth-order valence-corrected chi connectivity index (χ4v) is 5.02. The van der Waals surface area contributed by atoms with Gasteiger partial charge in [-0.05, 0) is 50.3 Å². The number of nitrogens with zero attached hydrogens (tertiary/aromatic N) is 1. The molecule has 4 rings (SSSR count). The lowest BCUT2D eigenvalue weighted by Gasteiger charge is -2.40. The number of carbonyl (C=O) groups excluding carboxylic acids is 1. The normalized spacial score (nSPS) is 29.7. The van der Waals surface area contributed by atoms with Crippen LogP contribution in [0.25, 0.3) is 0 Å². The highest BCUT2D eigenvalue weighted by Gasteiger charge is 2.50. The number of rotatable bonds is 3. The zero-order valence-electron chi connectivity index (χ0n) is 14.5. The van der Waals surface area contributed by atoms with Crippen molar-refractivity contribution < 1.29 is 4.79 Å². The number of hydrogen-bond donors (Lipinski definition) is 2. The number of carbonyl (C=O) groups is 1. The molecule has 0 aromatic heterocycles. The summed E-state index contributed by atoms with van der Waals surface area (Å²) in [5.41, 5.74) is 1.10. The van der Waals surface area contributed by atoms with Gasteiger partial charge in [0.15, 0.2) is 0 Å². The molecule has 1 atom stereocenters. The van der Waals surface area contributed by atoms with E-state index in [9.17, 15) is 4.79 Å². The smallest absolute Gasteiger partial charge is 0.318 e. The van der Waals surface area contributed by atoms with Gasteiger partial charge in [-0.1, -0.05) is 49.6 Å². The van der Waals surface area contributed by atoms with Crippen molar-refractivity contribution in [3.05, 3.63) is 35.9 Å². The Morgan fingerprint density at radius 1 is 0.958 bits per heavy atom. The maximum atomic E-state index is 12.9. The Balaban J connectivity index is 1.65. The minimum Gasteiger partial charge on any atom is -0.326 e. The molecule has 0 bridgehead atoms. The zero-order chi connectivity index (χ0) is 16.4. The lowest BCUT2D eigenvalue weighted by Crippen LogP contribution is -2.48. The first-order valence-electron chi connectivity index (χ1n) is 9.65. The summed E-state index contributed by atoms with van der Waals surface area (Å²) in [6.07, 6.45) is 8.54. The maximum Gasteiger partial charge on any atom is 0.318 e. The Kier molecular flexibility index (Phi) is 4.49. The second-order valence-electron chi connectivity index (χ2n) is 7.71. The largest absolute Gasteiger partial charge is 0.326 e. The van der Waals surface area contributed by atoms with E-state index in [2.05, 4.69) is 45.9 Å². The molecular weight excluding hydrogens is 298 g/mol. The molecule has 0 spiro atoms. The van der Waals surface area contributed by atoms with Crippen LogP contribution >= 0.6 is 0 Å². The summed E-state index contributed by atoms with van der Waals surface area (Å²) in [5, 5.41) is 6.88. The molecule has 2 saturated heterocycles. The van der Waals surface area contributed by atoms with E-state index in [0.29, 0.717) is 12.0 Å². The Bertz CT molecular complexity index is 564. The number of amides is 2. The van der Waals surface area contributed by atoms with Gasteiger partial charge in [0, 0.05) is 6.04 Å². The molecule has 3 aliphatic rings. The fourth-order valence-electron chi connectivity index (χ4n) is 5.02. The second-order valence-corrected chi connectivity index (χ2v) is 7.71. The molecule has 2 aliphatic heterocycles. The third-order valence-electron chi connectivity index (χ3n) is 6.35. The van der Waals surface area contributed by atoms with Gasteiger partial charge < -0.3 is 15.5 Å². The van der Waals surface area contributed by atoms with Crippen LogP contribution in [0.5, 0.6) is 0 Å². The number of piperidine rings is 1. The molecule has 24 heavy (non-hydrogen) atoms. The number of urea groups is 1. The highest BCUT2D eigenvalue weighted by atomic mass is 16.2. The minimum absolute atomic E-state index is 0.149. The van der Waals surface area contributed by atoms with Gasteiger partial charge in [-0.3, -0.25) is 0 Å². The number of benzene rings is 1. The van der Waals surface area contributed by atoms with E-state index in [1.165, 1.54) is 37.7 Å². The van der Waals surface area contributed by atoms with Crippen molar-refractivity contribution in [3.63, 3.8) is 0 Å². The Morgan fingerprint density at radius 2 is 1.67 bits per heavy atom. The van der Waals surface area contributed by atoms with E-state index in [1.54, 1.807) is 0 Å². The summed E-state index contributed by atoms with van der Waals surface area (Å²) in [5.74, 6) is 0.560. The van der Waals surface area contributed by atoms with E-state index >= 15 is 0 Å². The first kappa shape index (κ1) is 15.9. The predicted molar refractivity (Wildman–Crippen MR) is 95.8 cm³/mol. The molecule has 130 valence electrons. The lowest BCUT2D eigenvalue weighted by molar-refractivity contribution is 0.154. The van der Waals surface area contributed by atoms with Crippen molar-refractivity contribution in [1.29, 1.82) is 0 Å². The van der Waals surface area contributed by atoms with E-state index in [-0.39, 0.29) is 11.6 Å². The Labute approximate surface area is 145 Å². The van der Waals surface area contributed by atoms with Crippen LogP contribution in [0.3, 0.4) is 0 Å². The van der Waals surface area contributed by atoms with Gasteiger partial charge in [0.1, 0.15) is 0 Å². The molecule has 1 saturated carbocycles. The third kappa shape index (κ3) is 2.81. The van der Waals surface area contributed by atoms with Crippen molar-refractivity contribution in [2.24, 2.45) is 5.92 Å². The highest BCUT2D eigenvalue weighted by Crippen LogP contribution is 2.43. The SMILES string of the molecule is O=C1NC(c2ccccc2)(C2CCCCC2)CN1C1CCNCC1. The van der Waals surface area contributed by atoms with Crippen LogP contribution in [0.15, 0.2) is 30.3 Å². The van der Waals surface area contributed by atoms with Crippen LogP contribution in [0, 0.1) is 5.92 Å². The molecule has 2 heterocycles. The predicted octanol–water partition coefficient (Wildman–Crippen LogP) is 3.24. The van der Waals surface area contributed by atoms with E-state index < -0.39 is 0 Å². The molecule has 3 fully saturated rings. The maximum absolute atomic E-state index is 12.9. The summed E-state index contributed by atoms with van der Waals surface area (Å²) >= 11 is 0. The topological polar surface area (TPSA) is 44.4 Å². The standard InChI is InChI=1S/C20H29N3O/c24-19-22-20(16-7-3-1-4-8-16,17-9-5-2-6-10-17)15-23(19)18-11-13-21-14-12-18/h1,3-4,7-8,17-18,21H,2,5-6,9-15H2,(H,22,24). The summed E-state index contributed by atoms with van der Waals surface area (Å²) < 4.78 is 0. The summed E-state index contributed by atoms with van der Waals surface area (Å²) in [6.45, 7) is 2.89.